The van der Waals surface area contributed by atoms with E-state index < -0.39 is 6.04 Å². The van der Waals surface area contributed by atoms with Gasteiger partial charge in [-0.1, -0.05) is 30.3 Å². The summed E-state index contributed by atoms with van der Waals surface area (Å²) < 4.78 is 7.56. The summed E-state index contributed by atoms with van der Waals surface area (Å²) in [4.78, 5) is 17.6. The molecule has 1 aliphatic rings. The first kappa shape index (κ1) is 18.7. The van der Waals surface area contributed by atoms with Crippen LogP contribution in [0.4, 0.5) is 11.6 Å². The summed E-state index contributed by atoms with van der Waals surface area (Å²) in [5.74, 6) is 1.11. The van der Waals surface area contributed by atoms with E-state index >= 15 is 0 Å². The summed E-state index contributed by atoms with van der Waals surface area (Å²) >= 11 is 0. The molecule has 1 unspecified atom stereocenters. The molecule has 29 heavy (non-hydrogen) atoms. The Morgan fingerprint density at radius 1 is 1.21 bits per heavy atom. The largest absolute Gasteiger partial charge is 0.494 e. The normalized spacial score (nSPS) is 15.5. The Labute approximate surface area is 169 Å². The van der Waals surface area contributed by atoms with Crippen molar-refractivity contribution in [2.24, 2.45) is 0 Å². The first-order chi connectivity index (χ1) is 14.1. The van der Waals surface area contributed by atoms with Gasteiger partial charge in [0.1, 0.15) is 18.1 Å². The van der Waals surface area contributed by atoms with Gasteiger partial charge in [-0.25, -0.2) is 4.68 Å². The Kier molecular flexibility index (Phi) is 5.03. The van der Waals surface area contributed by atoms with Crippen LogP contribution in [-0.2, 0) is 4.79 Å². The molecule has 3 aromatic rings. The van der Waals surface area contributed by atoms with Gasteiger partial charge in [-0.2, -0.15) is 10.1 Å². The van der Waals surface area contributed by atoms with Crippen LogP contribution in [0.15, 0.2) is 66.1 Å². The Hall–Kier alpha value is -3.61. The number of allylic oxidation sites excluding steroid dienone is 1. The van der Waals surface area contributed by atoms with Crippen LogP contribution in [0.5, 0.6) is 5.75 Å². The van der Waals surface area contributed by atoms with Crippen molar-refractivity contribution in [3.05, 3.63) is 77.3 Å². The summed E-state index contributed by atoms with van der Waals surface area (Å²) in [6.45, 7) is 6.33. The average Bonchev–Trinajstić information content (AvgIpc) is 3.15. The standard InChI is InChI=1S/C22H23N5O2/c1-4-29-18-11-6-5-10-17(18)20-19(15(3)25-22-23-13-24-27(20)22)21(28)26-16-9-7-8-14(2)12-16/h5-13,20H,4H2,1-3H3,(H,26,28)(H,23,24,25). The minimum absolute atomic E-state index is 0.196. The fourth-order valence-electron chi connectivity index (χ4n) is 3.59. The molecule has 0 radical (unpaired) electrons. The van der Waals surface area contributed by atoms with Gasteiger partial charge >= 0.3 is 0 Å². The maximum atomic E-state index is 13.4. The molecule has 148 valence electrons. The van der Waals surface area contributed by atoms with Crippen LogP contribution in [0.3, 0.4) is 0 Å². The van der Waals surface area contributed by atoms with Gasteiger partial charge in [0.15, 0.2) is 0 Å². The highest BCUT2D eigenvalue weighted by Gasteiger charge is 2.35. The lowest BCUT2D eigenvalue weighted by Crippen LogP contribution is -2.31. The van der Waals surface area contributed by atoms with Gasteiger partial charge < -0.3 is 15.4 Å². The summed E-state index contributed by atoms with van der Waals surface area (Å²) in [6.07, 6.45) is 1.48. The number of para-hydroxylation sites is 1. The fraction of sp³-hybridized carbons (Fsp3) is 0.227. The smallest absolute Gasteiger partial charge is 0.255 e. The molecule has 1 aromatic heterocycles. The number of aromatic nitrogens is 3. The number of anilines is 2. The monoisotopic (exact) mass is 389 g/mol. The molecule has 1 atom stereocenters. The fourth-order valence-corrected chi connectivity index (χ4v) is 3.59. The molecule has 2 N–H and O–H groups in total. The number of fused-ring (bicyclic) bond motifs is 1. The average molecular weight is 389 g/mol. The Balaban J connectivity index is 1.79. The van der Waals surface area contributed by atoms with Crippen LogP contribution in [0, 0.1) is 6.92 Å². The molecular formula is C22H23N5O2. The molecule has 0 fully saturated rings. The van der Waals surface area contributed by atoms with Crippen LogP contribution in [0.1, 0.15) is 31.0 Å². The van der Waals surface area contributed by atoms with Gasteiger partial charge in [-0.15, -0.1) is 0 Å². The Morgan fingerprint density at radius 2 is 2.03 bits per heavy atom. The summed E-state index contributed by atoms with van der Waals surface area (Å²) in [6, 6.07) is 15.0. The van der Waals surface area contributed by atoms with Crippen molar-refractivity contribution in [1.29, 1.82) is 0 Å². The molecule has 1 aliphatic heterocycles. The molecule has 0 aliphatic carbocycles. The number of carbonyl (C=O) groups is 1. The SMILES string of the molecule is CCOc1ccccc1C1C(C(=O)Nc2cccc(C)c2)=C(C)Nc2ncnn21. The first-order valence-electron chi connectivity index (χ1n) is 9.55. The number of nitrogens with one attached hydrogen (secondary N) is 2. The van der Waals surface area contributed by atoms with Crippen molar-refractivity contribution in [3.63, 3.8) is 0 Å². The number of rotatable bonds is 5. The maximum Gasteiger partial charge on any atom is 0.255 e. The second kappa shape index (κ2) is 7.79. The number of aryl methyl sites for hydroxylation is 1. The third kappa shape index (κ3) is 3.59. The molecule has 0 saturated heterocycles. The number of benzene rings is 2. The van der Waals surface area contributed by atoms with Crippen molar-refractivity contribution in [3.8, 4) is 5.75 Å². The van der Waals surface area contributed by atoms with Gasteiger partial charge in [0.2, 0.25) is 5.95 Å². The van der Waals surface area contributed by atoms with Gasteiger partial charge in [-0.05, 0) is 44.5 Å². The highest BCUT2D eigenvalue weighted by Crippen LogP contribution is 2.39. The van der Waals surface area contributed by atoms with E-state index in [1.165, 1.54) is 6.33 Å². The minimum atomic E-state index is -0.457. The summed E-state index contributed by atoms with van der Waals surface area (Å²) in [7, 11) is 0. The molecule has 0 bridgehead atoms. The van der Waals surface area contributed by atoms with E-state index in [0.717, 1.165) is 28.3 Å². The molecule has 4 rings (SSSR count). The number of hydrogen-bond donors (Lipinski definition) is 2. The lowest BCUT2D eigenvalue weighted by Gasteiger charge is -2.29. The van der Waals surface area contributed by atoms with E-state index in [0.29, 0.717) is 18.1 Å². The van der Waals surface area contributed by atoms with Crippen LogP contribution in [-0.4, -0.2) is 27.3 Å². The molecule has 0 saturated carbocycles. The predicted octanol–water partition coefficient (Wildman–Crippen LogP) is 3.91. The van der Waals surface area contributed by atoms with Crippen molar-refractivity contribution >= 4 is 17.5 Å². The lowest BCUT2D eigenvalue weighted by molar-refractivity contribution is -0.113. The number of nitrogens with zero attached hydrogens (tertiary/aromatic N) is 3. The molecule has 2 aromatic carbocycles. The van der Waals surface area contributed by atoms with E-state index in [2.05, 4.69) is 20.7 Å². The zero-order valence-electron chi connectivity index (χ0n) is 16.6. The van der Waals surface area contributed by atoms with E-state index in [1.54, 1.807) is 4.68 Å². The molecular weight excluding hydrogens is 366 g/mol. The minimum Gasteiger partial charge on any atom is -0.494 e. The van der Waals surface area contributed by atoms with Gasteiger partial charge in [0.25, 0.3) is 5.91 Å². The highest BCUT2D eigenvalue weighted by molar-refractivity contribution is 6.06. The molecule has 1 amide bonds. The third-order valence-corrected chi connectivity index (χ3v) is 4.83. The predicted molar refractivity (Wildman–Crippen MR) is 112 cm³/mol. The molecule has 7 heteroatoms. The molecule has 2 heterocycles. The number of ether oxygens (including phenoxy) is 1. The van der Waals surface area contributed by atoms with E-state index in [9.17, 15) is 4.79 Å². The van der Waals surface area contributed by atoms with Gasteiger partial charge in [-0.3, -0.25) is 4.79 Å². The molecule has 0 spiro atoms. The second-order valence-corrected chi connectivity index (χ2v) is 6.89. The van der Waals surface area contributed by atoms with Crippen molar-refractivity contribution in [1.82, 2.24) is 14.8 Å². The van der Waals surface area contributed by atoms with Crippen LogP contribution >= 0.6 is 0 Å². The number of carbonyl (C=O) groups excluding carboxylic acids is 1. The van der Waals surface area contributed by atoms with Crippen LogP contribution < -0.4 is 15.4 Å². The van der Waals surface area contributed by atoms with Crippen LogP contribution in [0.25, 0.3) is 0 Å². The van der Waals surface area contributed by atoms with Crippen molar-refractivity contribution in [2.75, 3.05) is 17.2 Å². The zero-order valence-corrected chi connectivity index (χ0v) is 16.6. The maximum absolute atomic E-state index is 13.4. The quantitative estimate of drug-likeness (QED) is 0.691. The van der Waals surface area contributed by atoms with E-state index in [1.807, 2.05) is 69.3 Å². The number of hydrogen-bond acceptors (Lipinski definition) is 5. The Bertz CT molecular complexity index is 1090. The van der Waals surface area contributed by atoms with Crippen molar-refractivity contribution < 1.29 is 9.53 Å². The third-order valence-electron chi connectivity index (χ3n) is 4.83. The molecule has 7 nitrogen and oxygen atoms in total. The van der Waals surface area contributed by atoms with E-state index in [4.69, 9.17) is 4.74 Å². The highest BCUT2D eigenvalue weighted by atomic mass is 16.5. The second-order valence-electron chi connectivity index (χ2n) is 6.89. The van der Waals surface area contributed by atoms with Gasteiger partial charge in [0.05, 0.1) is 12.2 Å². The summed E-state index contributed by atoms with van der Waals surface area (Å²) in [5, 5.41) is 10.6. The first-order valence-corrected chi connectivity index (χ1v) is 9.55. The number of amides is 1. The summed E-state index contributed by atoms with van der Waals surface area (Å²) in [5.41, 5.74) is 3.98. The van der Waals surface area contributed by atoms with Crippen molar-refractivity contribution in [2.45, 2.75) is 26.8 Å². The van der Waals surface area contributed by atoms with Gasteiger partial charge in [0, 0.05) is 16.9 Å². The van der Waals surface area contributed by atoms with Crippen LogP contribution in [0.2, 0.25) is 0 Å². The zero-order chi connectivity index (χ0) is 20.4. The van der Waals surface area contributed by atoms with E-state index in [-0.39, 0.29) is 5.91 Å². The topological polar surface area (TPSA) is 81.1 Å². The Morgan fingerprint density at radius 3 is 2.83 bits per heavy atom. The lowest BCUT2D eigenvalue weighted by atomic mass is 9.94.